The monoisotopic (exact) mass is 223 g/mol. The highest BCUT2D eigenvalue weighted by atomic mass is 19.3. The lowest BCUT2D eigenvalue weighted by Gasteiger charge is -1.99. The van der Waals surface area contributed by atoms with E-state index in [1.54, 1.807) is 24.7 Å². The highest BCUT2D eigenvalue weighted by Crippen LogP contribution is 2.07. The van der Waals surface area contributed by atoms with Gasteiger partial charge in [0.15, 0.2) is 0 Å². The van der Waals surface area contributed by atoms with E-state index in [0.717, 1.165) is 11.3 Å². The van der Waals surface area contributed by atoms with Crippen molar-refractivity contribution in [3.8, 4) is 0 Å². The van der Waals surface area contributed by atoms with Gasteiger partial charge in [-0.25, -0.2) is 8.78 Å². The summed E-state index contributed by atoms with van der Waals surface area (Å²) >= 11 is 0. The van der Waals surface area contributed by atoms with Gasteiger partial charge in [-0.2, -0.15) is 5.10 Å². The lowest BCUT2D eigenvalue weighted by atomic mass is 10.1. The Morgan fingerprint density at radius 2 is 1.94 bits per heavy atom. The van der Waals surface area contributed by atoms with E-state index >= 15 is 0 Å². The van der Waals surface area contributed by atoms with Crippen LogP contribution in [-0.4, -0.2) is 21.2 Å². The Morgan fingerprint density at radius 3 is 2.62 bits per heavy atom. The van der Waals surface area contributed by atoms with Crippen LogP contribution in [0.1, 0.15) is 11.3 Å². The van der Waals surface area contributed by atoms with Gasteiger partial charge < -0.3 is 0 Å². The molecule has 2 aromatic heterocycles. The molecule has 0 aromatic carbocycles. The maximum atomic E-state index is 12.1. The predicted octanol–water partition coefficient (Wildman–Crippen LogP) is 2.13. The molecule has 0 radical (unpaired) electrons. The summed E-state index contributed by atoms with van der Waals surface area (Å²) in [6.07, 6.45) is 3.24. The molecule has 0 saturated carbocycles. The third-order valence-corrected chi connectivity index (χ3v) is 2.16. The van der Waals surface area contributed by atoms with Crippen molar-refractivity contribution in [2.75, 3.05) is 0 Å². The summed E-state index contributed by atoms with van der Waals surface area (Å²) in [5.74, 6) is 0. The summed E-state index contributed by atoms with van der Waals surface area (Å²) in [5, 5.41) is 4.06. The fraction of sp³-hybridized carbons (Fsp3) is 0.273. The quantitative estimate of drug-likeness (QED) is 0.795. The van der Waals surface area contributed by atoms with Crippen LogP contribution in [0.2, 0.25) is 0 Å². The molecule has 3 nitrogen and oxygen atoms in total. The van der Waals surface area contributed by atoms with E-state index < -0.39 is 6.43 Å². The van der Waals surface area contributed by atoms with Crippen molar-refractivity contribution >= 4 is 0 Å². The Morgan fingerprint density at radius 1 is 1.19 bits per heavy atom. The smallest absolute Gasteiger partial charge is 0.257 e. The van der Waals surface area contributed by atoms with Crippen LogP contribution in [-0.2, 0) is 13.0 Å². The molecule has 2 rings (SSSR count). The molecule has 0 amide bonds. The van der Waals surface area contributed by atoms with E-state index in [1.807, 2.05) is 12.1 Å². The molecular formula is C11H11F2N3. The Hall–Kier alpha value is -1.78. The summed E-state index contributed by atoms with van der Waals surface area (Å²) in [7, 11) is 0. The van der Waals surface area contributed by atoms with Crippen molar-refractivity contribution in [3.63, 3.8) is 0 Å². The number of hydrogen-bond donors (Lipinski definition) is 0. The van der Waals surface area contributed by atoms with Crippen molar-refractivity contribution in [2.45, 2.75) is 19.4 Å². The topological polar surface area (TPSA) is 30.7 Å². The first-order valence-electron chi connectivity index (χ1n) is 4.93. The van der Waals surface area contributed by atoms with Crippen molar-refractivity contribution in [1.29, 1.82) is 0 Å². The lowest BCUT2D eigenvalue weighted by molar-refractivity contribution is 0.121. The zero-order valence-electron chi connectivity index (χ0n) is 8.55. The van der Waals surface area contributed by atoms with Gasteiger partial charge in [0.2, 0.25) is 0 Å². The first-order valence-corrected chi connectivity index (χ1v) is 4.93. The molecule has 0 aliphatic carbocycles. The van der Waals surface area contributed by atoms with E-state index in [-0.39, 0.29) is 6.54 Å². The largest absolute Gasteiger partial charge is 0.267 e. The highest BCUT2D eigenvalue weighted by Gasteiger charge is 2.06. The molecule has 0 atom stereocenters. The number of rotatable bonds is 4. The van der Waals surface area contributed by atoms with Crippen molar-refractivity contribution in [2.24, 2.45) is 0 Å². The third kappa shape index (κ3) is 2.85. The maximum absolute atomic E-state index is 12.1. The molecule has 0 spiro atoms. The minimum Gasteiger partial charge on any atom is -0.267 e. The molecule has 0 unspecified atom stereocenters. The van der Waals surface area contributed by atoms with Crippen LogP contribution >= 0.6 is 0 Å². The van der Waals surface area contributed by atoms with E-state index in [2.05, 4.69) is 10.1 Å². The van der Waals surface area contributed by atoms with Gasteiger partial charge in [0.05, 0.1) is 5.69 Å². The number of hydrogen-bond acceptors (Lipinski definition) is 2. The number of nitrogens with zero attached hydrogens (tertiary/aromatic N) is 3. The van der Waals surface area contributed by atoms with Crippen LogP contribution in [0.5, 0.6) is 0 Å². The van der Waals surface area contributed by atoms with Gasteiger partial charge in [0.25, 0.3) is 6.43 Å². The molecule has 0 saturated heterocycles. The second-order valence-electron chi connectivity index (χ2n) is 3.45. The number of alkyl halides is 2. The van der Waals surface area contributed by atoms with Gasteiger partial charge in [-0.1, -0.05) is 0 Å². The average Bonchev–Trinajstić information content (AvgIpc) is 2.66. The predicted molar refractivity (Wildman–Crippen MR) is 55.3 cm³/mol. The van der Waals surface area contributed by atoms with Gasteiger partial charge >= 0.3 is 0 Å². The Labute approximate surface area is 91.7 Å². The molecule has 84 valence electrons. The molecule has 16 heavy (non-hydrogen) atoms. The van der Waals surface area contributed by atoms with E-state index in [0.29, 0.717) is 6.42 Å². The molecule has 0 N–H and O–H groups in total. The van der Waals surface area contributed by atoms with Crippen LogP contribution in [0.15, 0.2) is 36.8 Å². The highest BCUT2D eigenvalue weighted by molar-refractivity contribution is 5.17. The third-order valence-electron chi connectivity index (χ3n) is 2.16. The number of aromatic nitrogens is 3. The molecule has 5 heteroatoms. The van der Waals surface area contributed by atoms with Gasteiger partial charge in [-0.05, 0) is 23.8 Å². The molecule has 2 heterocycles. The Balaban J connectivity index is 2.03. The molecule has 0 fully saturated rings. The summed E-state index contributed by atoms with van der Waals surface area (Å²) < 4.78 is 25.4. The zero-order chi connectivity index (χ0) is 11.4. The van der Waals surface area contributed by atoms with Crippen molar-refractivity contribution in [1.82, 2.24) is 14.8 Å². The van der Waals surface area contributed by atoms with Crippen LogP contribution in [0.25, 0.3) is 0 Å². The molecule has 2 aromatic rings. The first-order chi connectivity index (χ1) is 7.74. The van der Waals surface area contributed by atoms with E-state index in [4.69, 9.17) is 0 Å². The molecular weight excluding hydrogens is 212 g/mol. The van der Waals surface area contributed by atoms with Gasteiger partial charge in [0.1, 0.15) is 6.54 Å². The Bertz CT molecular complexity index is 440. The maximum Gasteiger partial charge on any atom is 0.257 e. The minimum atomic E-state index is -2.37. The Kier molecular flexibility index (Phi) is 3.24. The first kappa shape index (κ1) is 10.7. The number of pyridine rings is 1. The second kappa shape index (κ2) is 4.83. The van der Waals surface area contributed by atoms with Gasteiger partial charge in [-0.15, -0.1) is 0 Å². The van der Waals surface area contributed by atoms with E-state index in [9.17, 15) is 8.78 Å². The van der Waals surface area contributed by atoms with Crippen molar-refractivity contribution in [3.05, 3.63) is 48.0 Å². The molecule has 0 aliphatic heterocycles. The van der Waals surface area contributed by atoms with E-state index in [1.165, 1.54) is 4.68 Å². The summed E-state index contributed by atoms with van der Waals surface area (Å²) in [6, 6.07) is 5.51. The normalized spacial score (nSPS) is 10.9. The molecule has 0 aliphatic rings. The summed E-state index contributed by atoms with van der Waals surface area (Å²) in [4.78, 5) is 3.91. The minimum absolute atomic E-state index is 0.351. The summed E-state index contributed by atoms with van der Waals surface area (Å²) in [6.45, 7) is -0.351. The van der Waals surface area contributed by atoms with Crippen LogP contribution in [0.3, 0.4) is 0 Å². The second-order valence-corrected chi connectivity index (χ2v) is 3.45. The van der Waals surface area contributed by atoms with Gasteiger partial charge in [-0.3, -0.25) is 9.67 Å². The van der Waals surface area contributed by atoms with Crippen LogP contribution in [0.4, 0.5) is 8.78 Å². The average molecular weight is 223 g/mol. The SMILES string of the molecule is FC(F)Cn1ccc(Cc2ccncc2)n1. The number of halogens is 2. The molecule has 0 bridgehead atoms. The fourth-order valence-corrected chi connectivity index (χ4v) is 1.45. The van der Waals surface area contributed by atoms with Crippen molar-refractivity contribution < 1.29 is 8.78 Å². The van der Waals surface area contributed by atoms with Crippen LogP contribution in [0, 0.1) is 0 Å². The lowest BCUT2D eigenvalue weighted by Crippen LogP contribution is -2.07. The van der Waals surface area contributed by atoms with Gasteiger partial charge in [0, 0.05) is 25.0 Å². The standard InChI is InChI=1S/C11H11F2N3/c12-11(13)8-16-6-3-10(15-16)7-9-1-4-14-5-2-9/h1-6,11H,7-8H2. The van der Waals surface area contributed by atoms with Crippen LogP contribution < -0.4 is 0 Å². The zero-order valence-corrected chi connectivity index (χ0v) is 8.55. The fourth-order valence-electron chi connectivity index (χ4n) is 1.45. The summed E-state index contributed by atoms with van der Waals surface area (Å²) in [5.41, 5.74) is 1.85.